The second kappa shape index (κ2) is 9.68. The molecule has 0 aliphatic heterocycles. The number of hydrogen-bond acceptors (Lipinski definition) is 3. The topological polar surface area (TPSA) is 71.1 Å². The highest BCUT2D eigenvalue weighted by Gasteiger charge is 2.30. The lowest BCUT2D eigenvalue weighted by molar-refractivity contribution is -0.128. The first-order chi connectivity index (χ1) is 14.0. The number of aryl methyl sites for hydroxylation is 1. The van der Waals surface area contributed by atoms with E-state index < -0.39 is 0 Å². The van der Waals surface area contributed by atoms with Gasteiger partial charge in [-0.1, -0.05) is 32.0 Å². The number of hydrogen-bond donors (Lipinski definition) is 2. The number of para-hydroxylation sites is 1. The van der Waals surface area contributed by atoms with Crippen molar-refractivity contribution in [3.63, 3.8) is 0 Å². The van der Waals surface area contributed by atoms with Crippen LogP contribution in [0, 0.1) is 18.8 Å². The number of carbonyl (C=O) groups is 2. The fourth-order valence-electron chi connectivity index (χ4n) is 4.02. The molecule has 0 spiro atoms. The molecule has 1 saturated carbocycles. The molecule has 3 rings (SSSR count). The van der Waals surface area contributed by atoms with Crippen LogP contribution in [0.3, 0.4) is 0 Å². The van der Waals surface area contributed by atoms with Gasteiger partial charge in [-0.2, -0.15) is 0 Å². The summed E-state index contributed by atoms with van der Waals surface area (Å²) in [5.74, 6) is 0.480. The third kappa shape index (κ3) is 5.43. The van der Waals surface area contributed by atoms with Gasteiger partial charge in [0.05, 0.1) is 0 Å². The molecule has 2 N–H and O–H groups in total. The first kappa shape index (κ1) is 21.0. The molecule has 29 heavy (non-hydrogen) atoms. The van der Waals surface area contributed by atoms with Crippen LogP contribution in [0.25, 0.3) is 0 Å². The maximum atomic E-state index is 12.9. The fourth-order valence-corrected chi connectivity index (χ4v) is 4.02. The number of aromatic nitrogens is 1. The van der Waals surface area contributed by atoms with Crippen LogP contribution in [-0.2, 0) is 16.1 Å². The Morgan fingerprint density at radius 1 is 1.00 bits per heavy atom. The lowest BCUT2D eigenvalue weighted by Crippen LogP contribution is -2.35. The first-order valence-electron chi connectivity index (χ1n) is 10.5. The molecule has 1 aromatic heterocycles. The molecule has 1 aliphatic rings. The molecule has 0 radical (unpaired) electrons. The summed E-state index contributed by atoms with van der Waals surface area (Å²) in [4.78, 5) is 29.3. The monoisotopic (exact) mass is 393 g/mol. The van der Waals surface area contributed by atoms with Gasteiger partial charge in [0.15, 0.2) is 0 Å². The van der Waals surface area contributed by atoms with Gasteiger partial charge in [0.1, 0.15) is 0 Å². The van der Waals surface area contributed by atoms with Gasteiger partial charge in [-0.3, -0.25) is 14.6 Å². The lowest BCUT2D eigenvalue weighted by Gasteiger charge is -2.28. The van der Waals surface area contributed by atoms with Crippen molar-refractivity contribution in [2.24, 2.45) is 11.8 Å². The van der Waals surface area contributed by atoms with Crippen molar-refractivity contribution in [3.05, 3.63) is 59.4 Å². The average molecular weight is 394 g/mol. The number of amides is 2. The Hall–Kier alpha value is -2.69. The highest BCUT2D eigenvalue weighted by atomic mass is 16.2. The summed E-state index contributed by atoms with van der Waals surface area (Å²) in [5.41, 5.74) is 4.25. The Kier molecular flexibility index (Phi) is 7.02. The molecule has 0 unspecified atom stereocenters. The largest absolute Gasteiger partial charge is 0.352 e. The van der Waals surface area contributed by atoms with E-state index >= 15 is 0 Å². The van der Waals surface area contributed by atoms with Crippen LogP contribution in [0.4, 0.5) is 5.69 Å². The van der Waals surface area contributed by atoms with Gasteiger partial charge in [-0.25, -0.2) is 0 Å². The van der Waals surface area contributed by atoms with Gasteiger partial charge in [-0.05, 0) is 67.3 Å². The SMILES string of the molecule is Cc1cccc(C(C)C)c1NC(=O)C1CCC(C(=O)NCc2ccncc2)CC1. The number of rotatable bonds is 6. The lowest BCUT2D eigenvalue weighted by atomic mass is 9.81. The van der Waals surface area contributed by atoms with Crippen molar-refractivity contribution in [2.45, 2.75) is 58.9 Å². The number of nitrogens with zero attached hydrogens (tertiary/aromatic N) is 1. The Bertz CT molecular complexity index is 840. The Morgan fingerprint density at radius 3 is 2.24 bits per heavy atom. The van der Waals surface area contributed by atoms with E-state index in [4.69, 9.17) is 0 Å². The fraction of sp³-hybridized carbons (Fsp3) is 0.458. The van der Waals surface area contributed by atoms with E-state index in [2.05, 4.69) is 35.5 Å². The van der Waals surface area contributed by atoms with Crippen molar-refractivity contribution in [2.75, 3.05) is 5.32 Å². The van der Waals surface area contributed by atoms with Crippen LogP contribution in [0.5, 0.6) is 0 Å². The van der Waals surface area contributed by atoms with E-state index in [0.717, 1.165) is 42.5 Å². The van der Waals surface area contributed by atoms with Gasteiger partial charge in [0, 0.05) is 36.5 Å². The number of nitrogens with one attached hydrogen (secondary N) is 2. The number of anilines is 1. The van der Waals surface area contributed by atoms with E-state index in [1.54, 1.807) is 12.4 Å². The maximum Gasteiger partial charge on any atom is 0.227 e. The van der Waals surface area contributed by atoms with E-state index in [9.17, 15) is 9.59 Å². The van der Waals surface area contributed by atoms with Gasteiger partial charge >= 0.3 is 0 Å². The molecule has 5 heteroatoms. The van der Waals surface area contributed by atoms with Crippen LogP contribution in [0.1, 0.15) is 62.1 Å². The quantitative estimate of drug-likeness (QED) is 0.755. The molecule has 0 saturated heterocycles. The minimum absolute atomic E-state index is 0.00873. The second-order valence-electron chi connectivity index (χ2n) is 8.30. The number of pyridine rings is 1. The summed E-state index contributed by atoms with van der Waals surface area (Å²) in [6.45, 7) is 6.83. The number of benzene rings is 1. The zero-order valence-electron chi connectivity index (χ0n) is 17.6. The minimum atomic E-state index is -0.0288. The third-order valence-corrected chi connectivity index (χ3v) is 5.86. The zero-order valence-corrected chi connectivity index (χ0v) is 17.6. The van der Waals surface area contributed by atoms with Crippen molar-refractivity contribution in [3.8, 4) is 0 Å². The molecule has 0 bridgehead atoms. The summed E-state index contributed by atoms with van der Waals surface area (Å²) in [6, 6.07) is 9.95. The van der Waals surface area contributed by atoms with E-state index in [0.29, 0.717) is 12.5 Å². The second-order valence-corrected chi connectivity index (χ2v) is 8.30. The zero-order chi connectivity index (χ0) is 20.8. The van der Waals surface area contributed by atoms with E-state index in [1.165, 1.54) is 5.56 Å². The average Bonchev–Trinajstić information content (AvgIpc) is 2.74. The van der Waals surface area contributed by atoms with Gasteiger partial charge in [0.2, 0.25) is 11.8 Å². The van der Waals surface area contributed by atoms with Crippen molar-refractivity contribution >= 4 is 17.5 Å². The maximum absolute atomic E-state index is 12.9. The molecule has 154 valence electrons. The van der Waals surface area contributed by atoms with Crippen molar-refractivity contribution < 1.29 is 9.59 Å². The van der Waals surface area contributed by atoms with Gasteiger partial charge < -0.3 is 10.6 Å². The van der Waals surface area contributed by atoms with Gasteiger partial charge in [-0.15, -0.1) is 0 Å². The molecule has 2 amide bonds. The smallest absolute Gasteiger partial charge is 0.227 e. The summed E-state index contributed by atoms with van der Waals surface area (Å²) in [7, 11) is 0. The Balaban J connectivity index is 1.52. The van der Waals surface area contributed by atoms with Crippen LogP contribution in [0.15, 0.2) is 42.7 Å². The standard InChI is InChI=1S/C24H31N3O2/c1-16(2)21-6-4-5-17(3)22(21)27-24(29)20-9-7-19(8-10-20)23(28)26-15-18-11-13-25-14-12-18/h4-6,11-14,16,19-20H,7-10,15H2,1-3H3,(H,26,28)(H,27,29). The molecule has 1 heterocycles. The van der Waals surface area contributed by atoms with Gasteiger partial charge in [0.25, 0.3) is 0 Å². The first-order valence-corrected chi connectivity index (χ1v) is 10.5. The van der Waals surface area contributed by atoms with Crippen LogP contribution in [-0.4, -0.2) is 16.8 Å². The highest BCUT2D eigenvalue weighted by molar-refractivity contribution is 5.94. The Morgan fingerprint density at radius 2 is 1.62 bits per heavy atom. The summed E-state index contributed by atoms with van der Waals surface area (Å²) in [6.07, 6.45) is 6.47. The molecule has 1 fully saturated rings. The minimum Gasteiger partial charge on any atom is -0.352 e. The van der Waals surface area contributed by atoms with Crippen LogP contribution in [0.2, 0.25) is 0 Å². The van der Waals surface area contributed by atoms with E-state index in [-0.39, 0.29) is 23.7 Å². The normalized spacial score (nSPS) is 19.0. The third-order valence-electron chi connectivity index (χ3n) is 5.86. The molecule has 1 aromatic carbocycles. The van der Waals surface area contributed by atoms with Crippen LogP contribution >= 0.6 is 0 Å². The predicted octanol–water partition coefficient (Wildman–Crippen LogP) is 4.57. The molecular weight excluding hydrogens is 362 g/mol. The van der Waals surface area contributed by atoms with Crippen LogP contribution < -0.4 is 10.6 Å². The van der Waals surface area contributed by atoms with E-state index in [1.807, 2.05) is 31.2 Å². The summed E-state index contributed by atoms with van der Waals surface area (Å²) in [5, 5.41) is 6.19. The molecule has 1 aliphatic carbocycles. The van der Waals surface area contributed by atoms with Crippen molar-refractivity contribution in [1.29, 1.82) is 0 Å². The molecule has 0 atom stereocenters. The predicted molar refractivity (Wildman–Crippen MR) is 115 cm³/mol. The van der Waals surface area contributed by atoms with Crippen molar-refractivity contribution in [1.82, 2.24) is 10.3 Å². The summed E-state index contributed by atoms with van der Waals surface area (Å²) < 4.78 is 0. The molecule has 2 aromatic rings. The highest BCUT2D eigenvalue weighted by Crippen LogP contribution is 2.32. The molecular formula is C24H31N3O2. The molecule has 5 nitrogen and oxygen atoms in total. The Labute approximate surface area is 173 Å². The summed E-state index contributed by atoms with van der Waals surface area (Å²) >= 11 is 0. The number of carbonyl (C=O) groups excluding carboxylic acids is 2.